The van der Waals surface area contributed by atoms with Gasteiger partial charge in [-0.25, -0.2) is 4.79 Å². The second kappa shape index (κ2) is 5.77. The summed E-state index contributed by atoms with van der Waals surface area (Å²) >= 11 is 0.992. The summed E-state index contributed by atoms with van der Waals surface area (Å²) in [6, 6.07) is 4.27. The summed E-state index contributed by atoms with van der Waals surface area (Å²) in [5.74, 6) is -1.85. The molecule has 11 heteroatoms. The first-order chi connectivity index (χ1) is 11.7. The van der Waals surface area contributed by atoms with Crippen LogP contribution < -0.4 is 16.0 Å². The normalized spacial score (nSPS) is 11.6. The summed E-state index contributed by atoms with van der Waals surface area (Å²) in [6.45, 7) is 0. The Balaban J connectivity index is 2.16. The first kappa shape index (κ1) is 16.8. The van der Waals surface area contributed by atoms with Crippen LogP contribution >= 0.6 is 11.3 Å². The van der Waals surface area contributed by atoms with E-state index in [4.69, 9.17) is 5.73 Å². The minimum absolute atomic E-state index is 0.00646. The van der Waals surface area contributed by atoms with Crippen molar-refractivity contribution in [2.24, 2.45) is 0 Å². The molecule has 0 amide bonds. The quantitative estimate of drug-likeness (QED) is 0.733. The van der Waals surface area contributed by atoms with Crippen LogP contribution in [0.25, 0.3) is 16.5 Å². The zero-order valence-corrected chi connectivity index (χ0v) is 12.9. The molecule has 130 valence electrons. The van der Waals surface area contributed by atoms with E-state index in [0.29, 0.717) is 0 Å². The molecule has 0 saturated heterocycles. The fourth-order valence-electron chi connectivity index (χ4n) is 2.19. The van der Waals surface area contributed by atoms with Crippen LogP contribution in [0, 0.1) is 0 Å². The topological polar surface area (TPSA) is 107 Å². The molecule has 1 aromatic carbocycles. The zero-order chi connectivity index (χ0) is 18.4. The highest BCUT2D eigenvalue weighted by atomic mass is 32.1. The first-order valence-electron chi connectivity index (χ1n) is 6.57. The number of alkyl halides is 3. The highest BCUT2D eigenvalue weighted by Gasteiger charge is 2.31. The maximum Gasteiger partial charge on any atom is 0.573 e. The molecule has 0 bridgehead atoms. The lowest BCUT2D eigenvalue weighted by Gasteiger charge is -2.10. The minimum Gasteiger partial charge on any atom is -0.476 e. The van der Waals surface area contributed by atoms with Crippen molar-refractivity contribution in [1.82, 2.24) is 9.78 Å². The molecule has 7 nitrogen and oxygen atoms in total. The third-order valence-electron chi connectivity index (χ3n) is 3.20. The predicted octanol–water partition coefficient (Wildman–Crippen LogP) is 2.63. The van der Waals surface area contributed by atoms with Crippen LogP contribution in [-0.4, -0.2) is 27.2 Å². The van der Waals surface area contributed by atoms with Gasteiger partial charge in [-0.05, 0) is 24.3 Å². The summed E-state index contributed by atoms with van der Waals surface area (Å²) in [6.07, 6.45) is -4.85. The van der Waals surface area contributed by atoms with E-state index in [0.717, 1.165) is 40.3 Å². The van der Waals surface area contributed by atoms with E-state index >= 15 is 0 Å². The van der Waals surface area contributed by atoms with Crippen LogP contribution in [-0.2, 0) is 0 Å². The molecule has 25 heavy (non-hydrogen) atoms. The summed E-state index contributed by atoms with van der Waals surface area (Å²) < 4.78 is 41.1. The van der Waals surface area contributed by atoms with Crippen LogP contribution in [0.5, 0.6) is 5.75 Å². The molecular formula is C14H8F3N3O4S. The van der Waals surface area contributed by atoms with E-state index in [-0.39, 0.29) is 21.5 Å². The number of nitrogens with two attached hydrogens (primary N) is 1. The Bertz CT molecular complexity index is 1020. The van der Waals surface area contributed by atoms with Crippen molar-refractivity contribution in [1.29, 1.82) is 0 Å². The molecule has 0 unspecified atom stereocenters. The van der Waals surface area contributed by atoms with E-state index in [1.54, 1.807) is 0 Å². The number of benzene rings is 1. The number of nitrogen functional groups attached to an aromatic ring is 1. The molecule has 0 fully saturated rings. The number of ether oxygens (including phenoxy) is 1. The maximum absolute atomic E-state index is 12.5. The maximum atomic E-state index is 12.5. The second-order valence-corrected chi connectivity index (χ2v) is 5.71. The van der Waals surface area contributed by atoms with Gasteiger partial charge in [-0.2, -0.15) is 9.78 Å². The molecule has 2 aromatic heterocycles. The molecular weight excluding hydrogens is 363 g/mol. The monoisotopic (exact) mass is 371 g/mol. The Kier molecular flexibility index (Phi) is 3.87. The van der Waals surface area contributed by atoms with Gasteiger partial charge in [-0.1, -0.05) is 0 Å². The van der Waals surface area contributed by atoms with Crippen molar-refractivity contribution in [3.63, 3.8) is 0 Å². The number of hydrogen-bond donors (Lipinski definition) is 2. The molecule has 0 aliphatic heterocycles. The Labute approximate surface area is 140 Å². The Morgan fingerprint density at radius 3 is 2.48 bits per heavy atom. The van der Waals surface area contributed by atoms with Gasteiger partial charge in [0.2, 0.25) is 0 Å². The predicted molar refractivity (Wildman–Crippen MR) is 83.3 cm³/mol. The number of carboxylic acids is 1. The first-order valence-corrected chi connectivity index (χ1v) is 7.45. The molecule has 2 heterocycles. The number of fused-ring (bicyclic) bond motifs is 1. The summed E-state index contributed by atoms with van der Waals surface area (Å²) in [4.78, 5) is 23.9. The molecule has 0 aliphatic rings. The van der Waals surface area contributed by atoms with Crippen molar-refractivity contribution >= 4 is 33.1 Å². The number of rotatable bonds is 3. The largest absolute Gasteiger partial charge is 0.573 e. The van der Waals surface area contributed by atoms with E-state index in [9.17, 15) is 27.9 Å². The number of nitrogens with zero attached hydrogens (tertiary/aromatic N) is 2. The molecule has 0 radical (unpaired) electrons. The van der Waals surface area contributed by atoms with Gasteiger partial charge in [-0.3, -0.25) is 4.79 Å². The lowest BCUT2D eigenvalue weighted by molar-refractivity contribution is -0.274. The average Bonchev–Trinajstić information content (AvgIpc) is 2.89. The van der Waals surface area contributed by atoms with Gasteiger partial charge in [0, 0.05) is 10.8 Å². The highest BCUT2D eigenvalue weighted by Crippen LogP contribution is 2.28. The highest BCUT2D eigenvalue weighted by molar-refractivity contribution is 7.15. The van der Waals surface area contributed by atoms with E-state index < -0.39 is 29.3 Å². The van der Waals surface area contributed by atoms with Gasteiger partial charge in [0.15, 0.2) is 5.69 Å². The second-order valence-electron chi connectivity index (χ2n) is 4.80. The molecule has 0 aliphatic carbocycles. The van der Waals surface area contributed by atoms with Gasteiger partial charge in [0.1, 0.15) is 5.75 Å². The summed E-state index contributed by atoms with van der Waals surface area (Å²) in [7, 11) is 0. The molecule has 0 atom stereocenters. The number of aromatic carboxylic acids is 1. The Morgan fingerprint density at radius 1 is 1.28 bits per heavy atom. The van der Waals surface area contributed by atoms with Crippen LogP contribution in [0.2, 0.25) is 0 Å². The number of anilines is 1. The molecule has 3 aromatic rings. The van der Waals surface area contributed by atoms with Gasteiger partial charge < -0.3 is 15.6 Å². The van der Waals surface area contributed by atoms with Crippen molar-refractivity contribution < 1.29 is 27.8 Å². The van der Waals surface area contributed by atoms with Gasteiger partial charge in [-0.15, -0.1) is 24.5 Å². The Hall–Kier alpha value is -3.08. The van der Waals surface area contributed by atoms with Crippen molar-refractivity contribution in [2.75, 3.05) is 5.73 Å². The Morgan fingerprint density at radius 2 is 1.92 bits per heavy atom. The number of thiophene rings is 1. The van der Waals surface area contributed by atoms with Gasteiger partial charge >= 0.3 is 12.3 Å². The van der Waals surface area contributed by atoms with Crippen molar-refractivity contribution in [2.45, 2.75) is 6.36 Å². The lowest BCUT2D eigenvalue weighted by Crippen LogP contribution is -2.24. The smallest absolute Gasteiger partial charge is 0.476 e. The minimum atomic E-state index is -4.85. The fraction of sp³-hybridized carbons (Fsp3) is 0.0714. The average molecular weight is 371 g/mol. The number of aromatic nitrogens is 2. The fourth-order valence-corrected chi connectivity index (χ4v) is 2.98. The molecule has 0 saturated carbocycles. The molecule has 0 spiro atoms. The van der Waals surface area contributed by atoms with Crippen LogP contribution in [0.15, 0.2) is 34.4 Å². The van der Waals surface area contributed by atoms with Crippen LogP contribution in [0.1, 0.15) is 10.5 Å². The third-order valence-corrected chi connectivity index (χ3v) is 4.01. The van der Waals surface area contributed by atoms with E-state index in [2.05, 4.69) is 9.84 Å². The number of carbonyl (C=O) groups is 1. The van der Waals surface area contributed by atoms with Crippen molar-refractivity contribution in [3.8, 4) is 11.4 Å². The van der Waals surface area contributed by atoms with Gasteiger partial charge in [0.05, 0.1) is 16.1 Å². The third kappa shape index (κ3) is 3.13. The van der Waals surface area contributed by atoms with Crippen LogP contribution in [0.3, 0.4) is 0 Å². The summed E-state index contributed by atoms with van der Waals surface area (Å²) in [5.41, 5.74) is 4.72. The van der Waals surface area contributed by atoms with Gasteiger partial charge in [0.25, 0.3) is 5.56 Å². The van der Waals surface area contributed by atoms with Crippen LogP contribution in [0.4, 0.5) is 18.2 Å². The van der Waals surface area contributed by atoms with Crippen molar-refractivity contribution in [3.05, 3.63) is 45.7 Å². The summed E-state index contributed by atoms with van der Waals surface area (Å²) in [5, 5.41) is 14.7. The number of halogens is 3. The SMILES string of the molecule is Nc1scc2c(C(=O)O)nn(-c3ccc(OC(F)(F)F)cc3)c(=O)c12. The van der Waals surface area contributed by atoms with E-state index in [1.807, 2.05) is 0 Å². The molecule has 3 rings (SSSR count). The standard InChI is InChI=1S/C14H8F3N3O4S/c15-14(16,17)24-7-3-1-6(2-4-7)20-12(21)9-8(5-25-11(9)18)10(19-20)13(22)23/h1-5H,18H2,(H,22,23). The number of hydrogen-bond acceptors (Lipinski definition) is 6. The number of carboxylic acid groups (broad SMARTS) is 1. The molecule has 3 N–H and O–H groups in total. The zero-order valence-electron chi connectivity index (χ0n) is 12.1. The lowest BCUT2D eigenvalue weighted by atomic mass is 10.2. The van der Waals surface area contributed by atoms with E-state index in [1.165, 1.54) is 5.38 Å².